The molecule has 2 heterocycles. The maximum atomic E-state index is 13.2. The van der Waals surface area contributed by atoms with Crippen LogP contribution in [0.3, 0.4) is 0 Å². The van der Waals surface area contributed by atoms with Gasteiger partial charge in [-0.25, -0.2) is 9.07 Å². The highest BCUT2D eigenvalue weighted by atomic mass is 19.4. The van der Waals surface area contributed by atoms with Crippen molar-refractivity contribution in [2.45, 2.75) is 53.3 Å². The second kappa shape index (κ2) is 10.6. The number of nitrogens with zero attached hydrogens (tertiary/aromatic N) is 5. The zero-order valence-electron chi connectivity index (χ0n) is 19.6. The van der Waals surface area contributed by atoms with Crippen LogP contribution in [-0.4, -0.2) is 39.4 Å². The fourth-order valence-electron chi connectivity index (χ4n) is 3.51. The Bertz CT molecular complexity index is 1070. The van der Waals surface area contributed by atoms with E-state index in [1.54, 1.807) is 23.0 Å². The molecule has 2 aromatic heterocycles. The van der Waals surface area contributed by atoms with Crippen molar-refractivity contribution < 1.29 is 22.4 Å². The van der Waals surface area contributed by atoms with Gasteiger partial charge in [-0.3, -0.25) is 4.68 Å². The fraction of sp³-hybridized carbons (Fsp3) is 0.435. The van der Waals surface area contributed by atoms with Gasteiger partial charge in [0.05, 0.1) is 23.3 Å². The van der Waals surface area contributed by atoms with Gasteiger partial charge in [0, 0.05) is 24.8 Å². The first-order valence-electron chi connectivity index (χ1n) is 10.6. The SMILES string of the molecule is CC.Cc1c(C(F)(F)F)nn(C(C=O)CCN(C)c2cnn(-c3ccc(F)cc3)c2C)c1C. The van der Waals surface area contributed by atoms with Crippen molar-refractivity contribution >= 4 is 12.0 Å². The van der Waals surface area contributed by atoms with Crippen LogP contribution < -0.4 is 4.90 Å². The van der Waals surface area contributed by atoms with Crippen LogP contribution in [0, 0.1) is 26.6 Å². The average Bonchev–Trinajstić information content (AvgIpc) is 3.31. The highest BCUT2D eigenvalue weighted by Crippen LogP contribution is 2.33. The largest absolute Gasteiger partial charge is 0.435 e. The second-order valence-corrected chi connectivity index (χ2v) is 7.42. The molecule has 0 spiro atoms. The molecule has 0 bridgehead atoms. The Labute approximate surface area is 190 Å². The van der Waals surface area contributed by atoms with Crippen molar-refractivity contribution in [2.75, 3.05) is 18.5 Å². The highest BCUT2D eigenvalue weighted by Gasteiger charge is 2.37. The van der Waals surface area contributed by atoms with E-state index in [1.165, 1.54) is 26.0 Å². The van der Waals surface area contributed by atoms with Crippen molar-refractivity contribution in [3.63, 3.8) is 0 Å². The van der Waals surface area contributed by atoms with Gasteiger partial charge in [0.2, 0.25) is 0 Å². The zero-order chi connectivity index (χ0) is 24.9. The van der Waals surface area contributed by atoms with Gasteiger partial charge in [-0.2, -0.15) is 23.4 Å². The van der Waals surface area contributed by atoms with E-state index in [-0.39, 0.29) is 17.8 Å². The molecule has 0 amide bonds. The summed E-state index contributed by atoms with van der Waals surface area (Å²) in [5.41, 5.74) is 1.66. The Balaban J connectivity index is 0.00000187. The first kappa shape index (κ1) is 26.1. The third-order valence-electron chi connectivity index (χ3n) is 5.42. The van der Waals surface area contributed by atoms with E-state index >= 15 is 0 Å². The summed E-state index contributed by atoms with van der Waals surface area (Å²) in [4.78, 5) is 13.5. The van der Waals surface area contributed by atoms with E-state index in [0.29, 0.717) is 24.2 Å². The molecular weight excluding hydrogens is 438 g/mol. The van der Waals surface area contributed by atoms with Gasteiger partial charge in [-0.1, -0.05) is 13.8 Å². The number of hydrogen-bond donors (Lipinski definition) is 0. The molecule has 0 saturated heterocycles. The molecule has 33 heavy (non-hydrogen) atoms. The molecule has 10 heteroatoms. The smallest absolute Gasteiger partial charge is 0.372 e. The molecule has 0 aliphatic rings. The molecule has 0 fully saturated rings. The number of carbonyl (C=O) groups excluding carboxylic acids is 1. The number of carbonyl (C=O) groups is 1. The third kappa shape index (κ3) is 5.61. The number of halogens is 4. The molecule has 3 aromatic rings. The Morgan fingerprint density at radius 2 is 1.70 bits per heavy atom. The van der Waals surface area contributed by atoms with Crippen molar-refractivity contribution in [2.24, 2.45) is 0 Å². The lowest BCUT2D eigenvalue weighted by Crippen LogP contribution is -2.24. The molecule has 6 nitrogen and oxygen atoms in total. The standard InChI is InChI=1S/C21H23F4N5O.C2H6/c1-13-14(2)30(27-20(13)21(23,24)25)18(12-31)9-10-28(4)19-11-26-29(15(19)3)17-7-5-16(22)6-8-17;1-2/h5-8,11-12,18H,9-10H2,1-4H3;1-2H3. The summed E-state index contributed by atoms with van der Waals surface area (Å²) in [6.45, 7) is 9.12. The maximum Gasteiger partial charge on any atom is 0.435 e. The van der Waals surface area contributed by atoms with Crippen molar-refractivity contribution in [1.82, 2.24) is 19.6 Å². The summed E-state index contributed by atoms with van der Waals surface area (Å²) in [5, 5.41) is 8.00. The van der Waals surface area contributed by atoms with E-state index in [4.69, 9.17) is 0 Å². The van der Waals surface area contributed by atoms with Crippen LogP contribution in [0.2, 0.25) is 0 Å². The topological polar surface area (TPSA) is 56.0 Å². The minimum absolute atomic E-state index is 0.0177. The molecule has 0 radical (unpaired) electrons. The van der Waals surface area contributed by atoms with E-state index in [1.807, 2.05) is 32.7 Å². The van der Waals surface area contributed by atoms with Crippen LogP contribution >= 0.6 is 0 Å². The number of rotatable bonds is 7. The van der Waals surface area contributed by atoms with Gasteiger partial charge >= 0.3 is 6.18 Å². The van der Waals surface area contributed by atoms with Crippen LogP contribution in [0.1, 0.15) is 49.0 Å². The van der Waals surface area contributed by atoms with Crippen LogP contribution in [0.25, 0.3) is 5.69 Å². The molecule has 1 aromatic carbocycles. The third-order valence-corrected chi connectivity index (χ3v) is 5.42. The highest BCUT2D eigenvalue weighted by molar-refractivity contribution is 5.57. The monoisotopic (exact) mass is 467 g/mol. The Morgan fingerprint density at radius 3 is 2.21 bits per heavy atom. The lowest BCUT2D eigenvalue weighted by molar-refractivity contribution is -0.142. The van der Waals surface area contributed by atoms with Crippen LogP contribution in [0.4, 0.5) is 23.2 Å². The lowest BCUT2D eigenvalue weighted by Gasteiger charge is -2.21. The van der Waals surface area contributed by atoms with Gasteiger partial charge in [-0.05, 0) is 51.5 Å². The Hall–Kier alpha value is -3.17. The number of alkyl halides is 3. The normalized spacial score (nSPS) is 12.2. The van der Waals surface area contributed by atoms with Gasteiger partial charge in [-0.15, -0.1) is 0 Å². The van der Waals surface area contributed by atoms with E-state index in [9.17, 15) is 22.4 Å². The first-order chi connectivity index (χ1) is 15.5. The summed E-state index contributed by atoms with van der Waals surface area (Å²) >= 11 is 0. The quantitative estimate of drug-likeness (QED) is 0.343. The minimum Gasteiger partial charge on any atom is -0.372 e. The number of aldehydes is 1. The number of hydrogen-bond acceptors (Lipinski definition) is 4. The van der Waals surface area contributed by atoms with Crippen molar-refractivity contribution in [1.29, 1.82) is 0 Å². The van der Waals surface area contributed by atoms with Crippen molar-refractivity contribution in [3.8, 4) is 5.69 Å². The lowest BCUT2D eigenvalue weighted by atomic mass is 10.2. The summed E-state index contributed by atoms with van der Waals surface area (Å²) in [5.74, 6) is -0.344. The zero-order valence-corrected chi connectivity index (χ0v) is 19.6. The number of aromatic nitrogens is 4. The summed E-state index contributed by atoms with van der Waals surface area (Å²) in [6, 6.07) is 5.09. The van der Waals surface area contributed by atoms with E-state index in [2.05, 4.69) is 10.2 Å². The van der Waals surface area contributed by atoms with E-state index < -0.39 is 17.9 Å². The number of benzene rings is 1. The molecular formula is C23H29F4N5O. The molecule has 180 valence electrons. The molecule has 1 unspecified atom stereocenters. The fourth-order valence-corrected chi connectivity index (χ4v) is 3.51. The predicted molar refractivity (Wildman–Crippen MR) is 119 cm³/mol. The minimum atomic E-state index is -4.57. The predicted octanol–water partition coefficient (Wildman–Crippen LogP) is 5.44. The molecule has 0 aliphatic heterocycles. The van der Waals surface area contributed by atoms with Crippen molar-refractivity contribution in [3.05, 3.63) is 58.9 Å². The second-order valence-electron chi connectivity index (χ2n) is 7.42. The molecule has 0 saturated carbocycles. The van der Waals surface area contributed by atoms with Crippen LogP contribution in [0.15, 0.2) is 30.5 Å². The van der Waals surface area contributed by atoms with Crippen LogP contribution in [0.5, 0.6) is 0 Å². The van der Waals surface area contributed by atoms with Gasteiger partial charge in [0.1, 0.15) is 18.1 Å². The maximum absolute atomic E-state index is 13.2. The molecule has 1 atom stereocenters. The molecule has 0 N–H and O–H groups in total. The average molecular weight is 468 g/mol. The van der Waals surface area contributed by atoms with E-state index in [0.717, 1.165) is 16.1 Å². The summed E-state index contributed by atoms with van der Waals surface area (Å²) < 4.78 is 55.4. The van der Waals surface area contributed by atoms with Crippen LogP contribution in [-0.2, 0) is 11.0 Å². The Morgan fingerprint density at radius 1 is 1.09 bits per heavy atom. The molecule has 0 aliphatic carbocycles. The number of anilines is 1. The summed E-state index contributed by atoms with van der Waals surface area (Å²) in [6.07, 6.45) is -2.04. The summed E-state index contributed by atoms with van der Waals surface area (Å²) in [7, 11) is 1.81. The van der Waals surface area contributed by atoms with Gasteiger partial charge < -0.3 is 9.69 Å². The van der Waals surface area contributed by atoms with Gasteiger partial charge in [0.15, 0.2) is 5.69 Å². The van der Waals surface area contributed by atoms with Gasteiger partial charge in [0.25, 0.3) is 0 Å². The Kier molecular flexibility index (Phi) is 8.40. The molecule has 3 rings (SSSR count). The first-order valence-corrected chi connectivity index (χ1v) is 10.6.